The summed E-state index contributed by atoms with van der Waals surface area (Å²) in [5.41, 5.74) is 5.90. The van der Waals surface area contributed by atoms with Crippen molar-refractivity contribution in [2.75, 3.05) is 7.11 Å². The fourth-order valence-corrected chi connectivity index (χ4v) is 2.99. The normalized spacial score (nSPS) is 10.9. The van der Waals surface area contributed by atoms with Crippen LogP contribution in [0, 0.1) is 0 Å². The summed E-state index contributed by atoms with van der Waals surface area (Å²) in [7, 11) is 1.61. The van der Waals surface area contributed by atoms with Gasteiger partial charge in [0.25, 0.3) is 5.91 Å². The maximum Gasteiger partial charge on any atom is 0.290 e. The van der Waals surface area contributed by atoms with E-state index in [1.807, 2.05) is 54.6 Å². The minimum atomic E-state index is -0.397. The first-order valence-corrected chi connectivity index (χ1v) is 9.56. The Bertz CT molecular complexity index is 1200. The van der Waals surface area contributed by atoms with Gasteiger partial charge in [-0.1, -0.05) is 18.2 Å². The van der Waals surface area contributed by atoms with Gasteiger partial charge in [-0.05, 0) is 72.3 Å². The van der Waals surface area contributed by atoms with Crippen molar-refractivity contribution in [3.63, 3.8) is 0 Å². The number of amides is 1. The van der Waals surface area contributed by atoms with Crippen LogP contribution in [0.5, 0.6) is 11.5 Å². The number of phenols is 1. The molecule has 1 heterocycles. The summed E-state index contributed by atoms with van der Waals surface area (Å²) in [6.07, 6.45) is 1.50. The van der Waals surface area contributed by atoms with Gasteiger partial charge in [0, 0.05) is 5.56 Å². The lowest BCUT2D eigenvalue weighted by Crippen LogP contribution is -2.21. The summed E-state index contributed by atoms with van der Waals surface area (Å²) in [6, 6.07) is 25.1. The van der Waals surface area contributed by atoms with E-state index in [2.05, 4.69) is 15.6 Å². The minimum absolute atomic E-state index is 0.166. The van der Waals surface area contributed by atoms with Crippen molar-refractivity contribution in [2.24, 2.45) is 5.10 Å². The molecule has 0 aliphatic heterocycles. The molecule has 4 rings (SSSR count). The number of hydrazone groups is 1. The van der Waals surface area contributed by atoms with Gasteiger partial charge in [-0.2, -0.15) is 10.2 Å². The third kappa shape index (κ3) is 4.62. The minimum Gasteiger partial charge on any atom is -0.508 e. The second-order valence-electron chi connectivity index (χ2n) is 6.68. The molecule has 0 aliphatic carbocycles. The average molecular weight is 412 g/mol. The molecule has 3 aromatic carbocycles. The van der Waals surface area contributed by atoms with Crippen molar-refractivity contribution >= 4 is 12.1 Å². The number of para-hydroxylation sites is 1. The van der Waals surface area contributed by atoms with Crippen molar-refractivity contribution in [3.8, 4) is 28.4 Å². The molecule has 0 saturated heterocycles. The number of rotatable bonds is 6. The van der Waals surface area contributed by atoms with Crippen LogP contribution in [0.1, 0.15) is 16.1 Å². The first-order chi connectivity index (χ1) is 15.1. The molecule has 1 amide bonds. The van der Waals surface area contributed by atoms with Gasteiger partial charge in [0.1, 0.15) is 17.2 Å². The van der Waals surface area contributed by atoms with Crippen LogP contribution in [-0.2, 0) is 0 Å². The maximum atomic E-state index is 12.9. The standard InChI is InChI=1S/C24H20N4O3/c1-31-21-13-9-18(10-14-21)22-15-23(28(27-22)19-5-3-2-4-6-19)24(30)26-25-16-17-7-11-20(29)12-8-17/h2-16,29H,1H3,(H,26,30)/b25-16-. The summed E-state index contributed by atoms with van der Waals surface area (Å²) in [4.78, 5) is 12.9. The number of benzene rings is 3. The van der Waals surface area contributed by atoms with E-state index in [1.54, 1.807) is 42.1 Å². The zero-order valence-corrected chi connectivity index (χ0v) is 16.8. The van der Waals surface area contributed by atoms with E-state index < -0.39 is 5.91 Å². The van der Waals surface area contributed by atoms with Crippen LogP contribution in [0.3, 0.4) is 0 Å². The predicted molar refractivity (Wildman–Crippen MR) is 119 cm³/mol. The van der Waals surface area contributed by atoms with Crippen LogP contribution in [0.4, 0.5) is 0 Å². The molecule has 0 saturated carbocycles. The number of phenolic OH excluding ortho intramolecular Hbond substituents is 1. The Labute approximate surface area is 179 Å². The van der Waals surface area contributed by atoms with E-state index in [9.17, 15) is 9.90 Å². The molecule has 7 nitrogen and oxygen atoms in total. The second-order valence-corrected chi connectivity index (χ2v) is 6.68. The van der Waals surface area contributed by atoms with Gasteiger partial charge < -0.3 is 9.84 Å². The Morgan fingerprint density at radius 2 is 1.74 bits per heavy atom. The molecule has 0 unspecified atom stereocenters. The fourth-order valence-electron chi connectivity index (χ4n) is 2.99. The molecule has 0 bridgehead atoms. The number of nitrogens with zero attached hydrogens (tertiary/aromatic N) is 3. The van der Waals surface area contributed by atoms with Gasteiger partial charge in [-0.3, -0.25) is 4.79 Å². The summed E-state index contributed by atoms with van der Waals surface area (Å²) >= 11 is 0. The average Bonchev–Trinajstić information content (AvgIpc) is 3.27. The molecule has 4 aromatic rings. The van der Waals surface area contributed by atoms with E-state index in [1.165, 1.54) is 6.21 Å². The molecular weight excluding hydrogens is 392 g/mol. The Balaban J connectivity index is 1.63. The highest BCUT2D eigenvalue weighted by atomic mass is 16.5. The molecule has 2 N–H and O–H groups in total. The number of ether oxygens (including phenoxy) is 1. The van der Waals surface area contributed by atoms with Gasteiger partial charge in [0.2, 0.25) is 0 Å². The lowest BCUT2D eigenvalue weighted by Gasteiger charge is -2.06. The number of carbonyl (C=O) groups is 1. The zero-order valence-electron chi connectivity index (χ0n) is 16.8. The van der Waals surface area contributed by atoms with Gasteiger partial charge in [-0.25, -0.2) is 10.1 Å². The van der Waals surface area contributed by atoms with E-state index in [0.717, 1.165) is 22.6 Å². The van der Waals surface area contributed by atoms with Crippen LogP contribution < -0.4 is 10.2 Å². The molecule has 0 atom stereocenters. The van der Waals surface area contributed by atoms with Gasteiger partial charge in [-0.15, -0.1) is 0 Å². The Morgan fingerprint density at radius 3 is 2.42 bits per heavy atom. The first-order valence-electron chi connectivity index (χ1n) is 9.56. The lowest BCUT2D eigenvalue weighted by molar-refractivity contribution is 0.0947. The Morgan fingerprint density at radius 1 is 1.03 bits per heavy atom. The van der Waals surface area contributed by atoms with E-state index in [-0.39, 0.29) is 5.75 Å². The smallest absolute Gasteiger partial charge is 0.290 e. The zero-order chi connectivity index (χ0) is 21.6. The van der Waals surface area contributed by atoms with Crippen LogP contribution >= 0.6 is 0 Å². The maximum absolute atomic E-state index is 12.9. The highest BCUT2D eigenvalue weighted by Crippen LogP contribution is 2.24. The van der Waals surface area contributed by atoms with Crippen molar-refractivity contribution < 1.29 is 14.6 Å². The van der Waals surface area contributed by atoms with Crippen LogP contribution in [0.15, 0.2) is 90.0 Å². The Kier molecular flexibility index (Phi) is 5.75. The molecule has 0 fully saturated rings. The molecule has 0 aliphatic rings. The van der Waals surface area contributed by atoms with Gasteiger partial charge in [0.05, 0.1) is 24.7 Å². The number of hydrogen-bond acceptors (Lipinski definition) is 5. The molecule has 0 spiro atoms. The van der Waals surface area contributed by atoms with Crippen LogP contribution in [0.2, 0.25) is 0 Å². The summed E-state index contributed by atoms with van der Waals surface area (Å²) in [5.74, 6) is 0.512. The Hall–Kier alpha value is -4.39. The highest BCUT2D eigenvalue weighted by molar-refractivity contribution is 5.95. The molecule has 0 radical (unpaired) electrons. The number of aromatic hydroxyl groups is 1. The number of aromatic nitrogens is 2. The SMILES string of the molecule is COc1ccc(-c2cc(C(=O)N/N=C\c3ccc(O)cc3)n(-c3ccccc3)n2)cc1. The first kappa shape index (κ1) is 19.9. The van der Waals surface area contributed by atoms with Crippen molar-refractivity contribution in [1.82, 2.24) is 15.2 Å². The quantitative estimate of drug-likeness (QED) is 0.370. The number of nitrogens with one attached hydrogen (secondary N) is 1. The van der Waals surface area contributed by atoms with Crippen molar-refractivity contribution in [2.45, 2.75) is 0 Å². The largest absolute Gasteiger partial charge is 0.508 e. The number of methoxy groups -OCH3 is 1. The van der Waals surface area contributed by atoms with Crippen LogP contribution in [0.25, 0.3) is 16.9 Å². The van der Waals surface area contributed by atoms with E-state index in [0.29, 0.717) is 11.4 Å². The van der Waals surface area contributed by atoms with E-state index >= 15 is 0 Å². The fraction of sp³-hybridized carbons (Fsp3) is 0.0417. The highest BCUT2D eigenvalue weighted by Gasteiger charge is 2.17. The van der Waals surface area contributed by atoms with E-state index in [4.69, 9.17) is 4.74 Å². The third-order valence-electron chi connectivity index (χ3n) is 4.60. The number of carbonyl (C=O) groups excluding carboxylic acids is 1. The second kappa shape index (κ2) is 8.96. The molecular formula is C24H20N4O3. The predicted octanol–water partition coefficient (Wildman–Crippen LogP) is 4.02. The van der Waals surface area contributed by atoms with Gasteiger partial charge >= 0.3 is 0 Å². The summed E-state index contributed by atoms with van der Waals surface area (Å²) in [6.45, 7) is 0. The van der Waals surface area contributed by atoms with Crippen molar-refractivity contribution in [1.29, 1.82) is 0 Å². The third-order valence-corrected chi connectivity index (χ3v) is 4.60. The monoisotopic (exact) mass is 412 g/mol. The van der Waals surface area contributed by atoms with Crippen LogP contribution in [-0.4, -0.2) is 34.1 Å². The number of hydrogen-bond donors (Lipinski definition) is 2. The topological polar surface area (TPSA) is 88.7 Å². The van der Waals surface area contributed by atoms with Gasteiger partial charge in [0.15, 0.2) is 0 Å². The molecule has 7 heteroatoms. The van der Waals surface area contributed by atoms with Crippen molar-refractivity contribution in [3.05, 3.63) is 96.2 Å². The summed E-state index contributed by atoms with van der Waals surface area (Å²) in [5, 5.41) is 18.0. The lowest BCUT2D eigenvalue weighted by atomic mass is 10.1. The molecule has 1 aromatic heterocycles. The molecule has 154 valence electrons. The molecule has 31 heavy (non-hydrogen) atoms. The summed E-state index contributed by atoms with van der Waals surface area (Å²) < 4.78 is 6.80.